The van der Waals surface area contributed by atoms with E-state index < -0.39 is 41.5 Å². The van der Waals surface area contributed by atoms with Crippen molar-refractivity contribution >= 4 is 17.5 Å². The number of allylic oxidation sites excluding steroid dienone is 1. The Kier molecular flexibility index (Phi) is 7.32. The van der Waals surface area contributed by atoms with Gasteiger partial charge in [-0.2, -0.15) is 0 Å². The molecule has 0 radical (unpaired) electrons. The van der Waals surface area contributed by atoms with Gasteiger partial charge in [0.05, 0.1) is 6.10 Å². The van der Waals surface area contributed by atoms with Crippen molar-refractivity contribution < 1.29 is 29.3 Å². The smallest absolute Gasteiger partial charge is 0.323 e. The molecule has 8 heteroatoms. The van der Waals surface area contributed by atoms with Crippen LogP contribution in [0.4, 0.5) is 0 Å². The van der Waals surface area contributed by atoms with E-state index in [4.69, 9.17) is 16.2 Å². The first-order chi connectivity index (χ1) is 16.5. The number of hydrogen-bond donors (Lipinski definition) is 4. The largest absolute Gasteiger partial charge is 0.456 e. The summed E-state index contributed by atoms with van der Waals surface area (Å²) >= 11 is 0. The number of Topliss-reactive ketones (excluding diaryl/α,β-unsaturated/α-hetero) is 1. The Morgan fingerprint density at radius 2 is 1.94 bits per heavy atom. The van der Waals surface area contributed by atoms with E-state index in [9.17, 15) is 24.6 Å². The predicted molar refractivity (Wildman–Crippen MR) is 130 cm³/mol. The van der Waals surface area contributed by atoms with Gasteiger partial charge in [0.1, 0.15) is 11.6 Å². The Bertz CT molecular complexity index is 904. The van der Waals surface area contributed by atoms with Crippen molar-refractivity contribution in [2.75, 3.05) is 13.2 Å². The molecule has 0 aromatic carbocycles. The average molecular weight is 491 g/mol. The first-order valence-electron chi connectivity index (χ1n) is 13.3. The summed E-state index contributed by atoms with van der Waals surface area (Å²) in [5.74, 6) is -0.735. The highest BCUT2D eigenvalue weighted by Gasteiger charge is 2.68. The number of rotatable bonds is 8. The fourth-order valence-corrected chi connectivity index (χ4v) is 8.14. The van der Waals surface area contributed by atoms with Crippen LogP contribution in [-0.2, 0) is 19.1 Å². The van der Waals surface area contributed by atoms with Crippen LogP contribution in [0, 0.1) is 28.6 Å². The van der Waals surface area contributed by atoms with Crippen LogP contribution in [0.1, 0.15) is 78.1 Å². The molecular weight excluding hydrogens is 448 g/mol. The van der Waals surface area contributed by atoms with E-state index in [-0.39, 0.29) is 29.0 Å². The van der Waals surface area contributed by atoms with Gasteiger partial charge in [-0.15, -0.1) is 0 Å². The fraction of sp³-hybridized carbons (Fsp3) is 0.815. The maximum Gasteiger partial charge on any atom is 0.323 e. The summed E-state index contributed by atoms with van der Waals surface area (Å²) < 4.78 is 5.22. The van der Waals surface area contributed by atoms with Crippen LogP contribution < -0.4 is 11.5 Å². The van der Waals surface area contributed by atoms with E-state index in [1.54, 1.807) is 6.08 Å². The summed E-state index contributed by atoms with van der Waals surface area (Å²) in [6.45, 7) is 4.10. The Hall–Kier alpha value is -1.61. The summed E-state index contributed by atoms with van der Waals surface area (Å²) in [4.78, 5) is 37.6. The third-order valence-corrected chi connectivity index (χ3v) is 10.1. The van der Waals surface area contributed by atoms with Crippen LogP contribution >= 0.6 is 0 Å². The predicted octanol–water partition coefficient (Wildman–Crippen LogP) is 1.79. The van der Waals surface area contributed by atoms with Crippen molar-refractivity contribution in [1.82, 2.24) is 0 Å². The Balaban J connectivity index is 1.48. The quantitative estimate of drug-likeness (QED) is 0.297. The molecular formula is C27H42N2O6. The number of fused-ring (bicyclic) bond motifs is 5. The molecule has 0 spiro atoms. The maximum absolute atomic E-state index is 13.3. The number of carbonyl (C=O) groups is 3. The zero-order valence-electron chi connectivity index (χ0n) is 21.1. The van der Waals surface area contributed by atoms with Gasteiger partial charge in [-0.25, -0.2) is 0 Å². The average Bonchev–Trinajstić information content (AvgIpc) is 3.08. The molecule has 3 saturated carbocycles. The number of ketones is 2. The summed E-state index contributed by atoms with van der Waals surface area (Å²) in [7, 11) is 0. The molecule has 3 fully saturated rings. The summed E-state index contributed by atoms with van der Waals surface area (Å²) in [5.41, 5.74) is 9.82. The molecule has 0 bridgehead atoms. The topological polar surface area (TPSA) is 153 Å². The Morgan fingerprint density at radius 3 is 2.66 bits per heavy atom. The SMILES string of the molecule is C[C@]12CCC(=O)C=C1CCC1C2[C@@H](O)C[C@@]2(C)C1CC[C@]2(O)C(=O)COC(=O)[C@@H](N)CCCCN. The number of aliphatic hydroxyl groups is 2. The zero-order valence-corrected chi connectivity index (χ0v) is 21.1. The van der Waals surface area contributed by atoms with E-state index in [0.717, 1.165) is 31.3 Å². The van der Waals surface area contributed by atoms with Gasteiger partial charge in [0.25, 0.3) is 0 Å². The standard InChI is InChI=1S/C27H42N2O6/c1-25-10-8-17(30)13-16(25)6-7-18-19-9-11-27(34,26(19,2)14-21(31)23(18)25)22(32)15-35-24(33)20(29)5-3-4-12-28/h13,18-21,23,31,34H,3-12,14-15,28-29H2,1-2H3/t18?,19?,20-,21-,23?,25-,26-,27-/m0/s1. The van der Waals surface area contributed by atoms with Crippen molar-refractivity contribution in [2.24, 2.45) is 40.1 Å². The number of aliphatic hydroxyl groups excluding tert-OH is 1. The van der Waals surface area contributed by atoms with Crippen molar-refractivity contribution in [2.45, 2.75) is 95.8 Å². The lowest BCUT2D eigenvalue weighted by molar-refractivity contribution is -0.184. The molecule has 4 aliphatic carbocycles. The number of unbranched alkanes of at least 4 members (excludes halogenated alkanes) is 1. The first kappa shape index (κ1) is 26.5. The van der Waals surface area contributed by atoms with E-state index in [1.807, 2.05) is 6.92 Å². The molecule has 4 rings (SSSR count). The molecule has 35 heavy (non-hydrogen) atoms. The van der Waals surface area contributed by atoms with Crippen LogP contribution in [-0.4, -0.2) is 58.6 Å². The zero-order chi connectivity index (χ0) is 25.6. The Labute approximate surface area is 207 Å². The van der Waals surface area contributed by atoms with Gasteiger partial charge in [0.2, 0.25) is 5.78 Å². The summed E-state index contributed by atoms with van der Waals surface area (Å²) in [6, 6.07) is -0.819. The lowest BCUT2D eigenvalue weighted by Gasteiger charge is -2.60. The van der Waals surface area contributed by atoms with Crippen molar-refractivity contribution in [1.29, 1.82) is 0 Å². The van der Waals surface area contributed by atoms with Crippen molar-refractivity contribution in [3.8, 4) is 0 Å². The monoisotopic (exact) mass is 490 g/mol. The molecule has 0 saturated heterocycles. The number of ether oxygens (including phenoxy) is 1. The second-order valence-electron chi connectivity index (χ2n) is 11.9. The highest BCUT2D eigenvalue weighted by atomic mass is 16.5. The molecule has 4 aliphatic rings. The molecule has 0 heterocycles. The van der Waals surface area contributed by atoms with Crippen LogP contribution in [0.2, 0.25) is 0 Å². The van der Waals surface area contributed by atoms with Gasteiger partial charge in [0, 0.05) is 11.8 Å². The molecule has 3 unspecified atom stereocenters. The van der Waals surface area contributed by atoms with Gasteiger partial charge < -0.3 is 26.4 Å². The van der Waals surface area contributed by atoms with E-state index in [0.29, 0.717) is 45.1 Å². The summed E-state index contributed by atoms with van der Waals surface area (Å²) in [5, 5.41) is 23.2. The van der Waals surface area contributed by atoms with Gasteiger partial charge in [-0.05, 0) is 87.2 Å². The van der Waals surface area contributed by atoms with Gasteiger partial charge in [-0.3, -0.25) is 14.4 Å². The Morgan fingerprint density at radius 1 is 1.20 bits per heavy atom. The van der Waals surface area contributed by atoms with Crippen LogP contribution in [0.3, 0.4) is 0 Å². The second-order valence-corrected chi connectivity index (χ2v) is 11.9. The molecule has 8 nitrogen and oxygen atoms in total. The van der Waals surface area contributed by atoms with E-state index >= 15 is 0 Å². The third-order valence-electron chi connectivity index (χ3n) is 10.1. The highest BCUT2D eigenvalue weighted by Crippen LogP contribution is 2.67. The van der Waals surface area contributed by atoms with E-state index in [1.165, 1.54) is 0 Å². The highest BCUT2D eigenvalue weighted by molar-refractivity contribution is 5.92. The normalized spacial score (nSPS) is 41.3. The van der Waals surface area contributed by atoms with Crippen LogP contribution in [0.25, 0.3) is 0 Å². The van der Waals surface area contributed by atoms with Crippen molar-refractivity contribution in [3.63, 3.8) is 0 Å². The molecule has 8 atom stereocenters. The fourth-order valence-electron chi connectivity index (χ4n) is 8.14. The van der Waals surface area contributed by atoms with Crippen LogP contribution in [0.15, 0.2) is 11.6 Å². The number of hydrogen-bond acceptors (Lipinski definition) is 8. The third kappa shape index (κ3) is 4.30. The lowest BCUT2D eigenvalue weighted by Crippen LogP contribution is -2.62. The van der Waals surface area contributed by atoms with Crippen molar-refractivity contribution in [3.05, 3.63) is 11.6 Å². The second kappa shape index (κ2) is 9.69. The number of esters is 1. The minimum absolute atomic E-state index is 0.00970. The molecule has 0 aromatic heterocycles. The molecule has 196 valence electrons. The maximum atomic E-state index is 13.3. The number of nitrogens with two attached hydrogens (primary N) is 2. The van der Waals surface area contributed by atoms with Gasteiger partial charge in [-0.1, -0.05) is 25.8 Å². The summed E-state index contributed by atoms with van der Waals surface area (Å²) in [6.07, 6.45) is 7.20. The molecule has 0 amide bonds. The minimum Gasteiger partial charge on any atom is -0.456 e. The molecule has 6 N–H and O–H groups in total. The van der Waals surface area contributed by atoms with Crippen LogP contribution in [0.5, 0.6) is 0 Å². The minimum atomic E-state index is -1.66. The number of carbonyl (C=O) groups excluding carboxylic acids is 3. The first-order valence-corrected chi connectivity index (χ1v) is 13.3. The van der Waals surface area contributed by atoms with E-state index in [2.05, 4.69) is 6.92 Å². The van der Waals surface area contributed by atoms with Gasteiger partial charge in [0.15, 0.2) is 12.4 Å². The molecule has 0 aliphatic heterocycles. The lowest BCUT2D eigenvalue weighted by atomic mass is 9.45. The van der Waals surface area contributed by atoms with Gasteiger partial charge >= 0.3 is 5.97 Å². The molecule has 0 aromatic rings.